The summed E-state index contributed by atoms with van der Waals surface area (Å²) in [6, 6.07) is 0. The molecule has 1 saturated heterocycles. The van der Waals surface area contributed by atoms with Crippen molar-refractivity contribution in [1.82, 2.24) is 0 Å². The van der Waals surface area contributed by atoms with Gasteiger partial charge in [0.1, 0.15) is 0 Å². The van der Waals surface area contributed by atoms with Crippen LogP contribution in [0.1, 0.15) is 12.8 Å². The number of quaternary nitrogens is 1. The molecular formula is C5H9F2NO. The first-order valence-electron chi connectivity index (χ1n) is 3.00. The highest BCUT2D eigenvalue weighted by Crippen LogP contribution is 2.22. The summed E-state index contributed by atoms with van der Waals surface area (Å²) in [5.41, 5.74) is 0. The minimum Gasteiger partial charge on any atom is -0.634 e. The standard InChI is InChI=1S/C5H9F2NO/c6-5(7)1-3-8(9)4-2-5/h8H,1-4H2. The van der Waals surface area contributed by atoms with Crippen LogP contribution in [0.5, 0.6) is 0 Å². The van der Waals surface area contributed by atoms with E-state index in [1.165, 1.54) is 0 Å². The van der Waals surface area contributed by atoms with E-state index >= 15 is 0 Å². The minimum absolute atomic E-state index is 0.0269. The molecule has 0 aromatic carbocycles. The van der Waals surface area contributed by atoms with Gasteiger partial charge in [0.15, 0.2) is 0 Å². The van der Waals surface area contributed by atoms with Gasteiger partial charge in [0.05, 0.1) is 25.9 Å². The summed E-state index contributed by atoms with van der Waals surface area (Å²) in [7, 11) is 0. The van der Waals surface area contributed by atoms with E-state index < -0.39 is 5.92 Å². The summed E-state index contributed by atoms with van der Waals surface area (Å²) >= 11 is 0. The highest BCUT2D eigenvalue weighted by Gasteiger charge is 2.34. The van der Waals surface area contributed by atoms with Gasteiger partial charge in [-0.15, -0.1) is 0 Å². The van der Waals surface area contributed by atoms with Crippen LogP contribution in [0.2, 0.25) is 0 Å². The third-order valence-electron chi connectivity index (χ3n) is 1.54. The van der Waals surface area contributed by atoms with Gasteiger partial charge in [-0.3, -0.25) is 0 Å². The van der Waals surface area contributed by atoms with Crippen LogP contribution in [-0.2, 0) is 0 Å². The summed E-state index contributed by atoms with van der Waals surface area (Å²) in [4.78, 5) is 0. The van der Waals surface area contributed by atoms with Crippen LogP contribution in [0.15, 0.2) is 0 Å². The number of hydroxylamine groups is 2. The minimum atomic E-state index is -2.56. The first kappa shape index (κ1) is 6.89. The Morgan fingerprint density at radius 2 is 1.67 bits per heavy atom. The predicted molar refractivity (Wildman–Crippen MR) is 28.2 cm³/mol. The van der Waals surface area contributed by atoms with Crippen molar-refractivity contribution in [2.45, 2.75) is 18.8 Å². The monoisotopic (exact) mass is 137 g/mol. The molecule has 0 spiro atoms. The largest absolute Gasteiger partial charge is 0.634 e. The maximum absolute atomic E-state index is 12.2. The molecule has 0 aromatic heterocycles. The number of nitrogens with one attached hydrogen (secondary N) is 1. The van der Waals surface area contributed by atoms with Crippen molar-refractivity contribution in [2.75, 3.05) is 13.1 Å². The Bertz CT molecular complexity index is 97.1. The second-order valence-electron chi connectivity index (χ2n) is 2.39. The zero-order chi connectivity index (χ0) is 6.91. The van der Waals surface area contributed by atoms with Crippen LogP contribution >= 0.6 is 0 Å². The molecule has 0 atom stereocenters. The quantitative estimate of drug-likeness (QED) is 0.460. The molecule has 1 N–H and O–H groups in total. The first-order valence-corrected chi connectivity index (χ1v) is 3.00. The zero-order valence-corrected chi connectivity index (χ0v) is 4.99. The Morgan fingerprint density at radius 3 is 2.00 bits per heavy atom. The van der Waals surface area contributed by atoms with Gasteiger partial charge in [-0.1, -0.05) is 0 Å². The molecule has 9 heavy (non-hydrogen) atoms. The van der Waals surface area contributed by atoms with E-state index in [-0.39, 0.29) is 31.0 Å². The van der Waals surface area contributed by atoms with Gasteiger partial charge in [0, 0.05) is 0 Å². The lowest BCUT2D eigenvalue weighted by Crippen LogP contribution is -3.08. The molecule has 0 unspecified atom stereocenters. The molecule has 0 radical (unpaired) electrons. The molecule has 0 amide bonds. The predicted octanol–water partition coefficient (Wildman–Crippen LogP) is -0.202. The van der Waals surface area contributed by atoms with Crippen LogP contribution in [0.3, 0.4) is 0 Å². The summed E-state index contributed by atoms with van der Waals surface area (Å²) < 4.78 is 24.5. The lowest BCUT2D eigenvalue weighted by molar-refractivity contribution is -0.857. The van der Waals surface area contributed by atoms with E-state index in [4.69, 9.17) is 0 Å². The van der Waals surface area contributed by atoms with Crippen molar-refractivity contribution >= 4 is 0 Å². The molecular weight excluding hydrogens is 128 g/mol. The van der Waals surface area contributed by atoms with Crippen molar-refractivity contribution in [3.63, 3.8) is 0 Å². The molecule has 1 aliphatic rings. The topological polar surface area (TPSA) is 27.5 Å². The van der Waals surface area contributed by atoms with Crippen LogP contribution in [0, 0.1) is 5.21 Å². The van der Waals surface area contributed by atoms with Gasteiger partial charge in [-0.2, -0.15) is 0 Å². The van der Waals surface area contributed by atoms with E-state index in [2.05, 4.69) is 0 Å². The average Bonchev–Trinajstić information content (AvgIpc) is 1.78. The molecule has 1 aliphatic heterocycles. The Morgan fingerprint density at radius 1 is 1.22 bits per heavy atom. The lowest BCUT2D eigenvalue weighted by atomic mass is 10.1. The van der Waals surface area contributed by atoms with Gasteiger partial charge in [0.25, 0.3) is 5.92 Å². The van der Waals surface area contributed by atoms with Crippen LogP contribution < -0.4 is 5.06 Å². The van der Waals surface area contributed by atoms with E-state index in [0.29, 0.717) is 0 Å². The summed E-state index contributed by atoms with van der Waals surface area (Å²) in [5, 5.41) is 10.4. The highest BCUT2D eigenvalue weighted by molar-refractivity contribution is 4.67. The first-order chi connectivity index (χ1) is 4.10. The zero-order valence-electron chi connectivity index (χ0n) is 4.99. The Labute approximate surface area is 52.0 Å². The molecule has 1 heterocycles. The van der Waals surface area contributed by atoms with Crippen molar-refractivity contribution in [2.24, 2.45) is 0 Å². The normalized spacial score (nSPS) is 28.3. The number of halogens is 2. The fourth-order valence-electron chi connectivity index (χ4n) is 0.895. The molecule has 0 aliphatic carbocycles. The smallest absolute Gasteiger partial charge is 0.258 e. The molecule has 1 rings (SSSR count). The van der Waals surface area contributed by atoms with Gasteiger partial charge in [0.2, 0.25) is 0 Å². The average molecular weight is 137 g/mol. The van der Waals surface area contributed by atoms with Gasteiger partial charge < -0.3 is 10.3 Å². The summed E-state index contributed by atoms with van der Waals surface area (Å²) in [6.07, 6.45) is -0.488. The SMILES string of the molecule is [O-][NH+]1CCC(F)(F)CC1. The second-order valence-corrected chi connectivity index (χ2v) is 2.39. The number of alkyl halides is 2. The van der Waals surface area contributed by atoms with Crippen LogP contribution in [0.25, 0.3) is 0 Å². The Hall–Kier alpha value is -0.220. The van der Waals surface area contributed by atoms with Crippen molar-refractivity contribution in [1.29, 1.82) is 0 Å². The van der Waals surface area contributed by atoms with Gasteiger partial charge in [-0.25, -0.2) is 8.78 Å². The third-order valence-corrected chi connectivity index (χ3v) is 1.54. The molecule has 0 aromatic rings. The lowest BCUT2D eigenvalue weighted by Gasteiger charge is -2.30. The number of hydrogen-bond acceptors (Lipinski definition) is 1. The van der Waals surface area contributed by atoms with Gasteiger partial charge >= 0.3 is 0 Å². The van der Waals surface area contributed by atoms with Crippen LogP contribution in [-0.4, -0.2) is 19.0 Å². The fourth-order valence-corrected chi connectivity index (χ4v) is 0.895. The summed E-state index contributed by atoms with van der Waals surface area (Å²) in [5.74, 6) is -2.56. The number of rotatable bonds is 0. The number of hydrogen-bond donors (Lipinski definition) is 1. The highest BCUT2D eigenvalue weighted by atomic mass is 19.3. The fraction of sp³-hybridized carbons (Fsp3) is 1.00. The van der Waals surface area contributed by atoms with E-state index in [9.17, 15) is 14.0 Å². The molecule has 0 bridgehead atoms. The molecule has 1 fully saturated rings. The van der Waals surface area contributed by atoms with Gasteiger partial charge in [-0.05, 0) is 0 Å². The molecule has 0 saturated carbocycles. The maximum atomic E-state index is 12.2. The van der Waals surface area contributed by atoms with Crippen molar-refractivity contribution in [3.05, 3.63) is 5.21 Å². The third kappa shape index (κ3) is 1.87. The van der Waals surface area contributed by atoms with E-state index in [1.54, 1.807) is 0 Å². The summed E-state index contributed by atoms with van der Waals surface area (Å²) in [6.45, 7) is 0.125. The van der Waals surface area contributed by atoms with Crippen LogP contribution in [0.4, 0.5) is 8.78 Å². The molecule has 54 valence electrons. The second kappa shape index (κ2) is 2.19. The molecule has 4 heteroatoms. The molecule has 2 nitrogen and oxygen atoms in total. The Balaban J connectivity index is 2.35. The maximum Gasteiger partial charge on any atom is 0.258 e. The van der Waals surface area contributed by atoms with Crippen molar-refractivity contribution < 1.29 is 13.8 Å². The van der Waals surface area contributed by atoms with E-state index in [0.717, 1.165) is 0 Å². The van der Waals surface area contributed by atoms with Crippen molar-refractivity contribution in [3.8, 4) is 0 Å². The van der Waals surface area contributed by atoms with E-state index in [1.807, 2.05) is 0 Å². The number of piperidine rings is 1. The Kier molecular flexibility index (Phi) is 1.68.